The number of carbonyl (C=O) groups excluding carboxylic acids is 1. The third-order valence-corrected chi connectivity index (χ3v) is 4.24. The summed E-state index contributed by atoms with van der Waals surface area (Å²) in [6, 6.07) is 8.80. The van der Waals surface area contributed by atoms with Crippen LogP contribution in [0.5, 0.6) is 5.75 Å². The van der Waals surface area contributed by atoms with E-state index < -0.39 is 38.3 Å². The maximum absolute atomic E-state index is 12.9. The molecule has 0 radical (unpaired) electrons. The van der Waals surface area contributed by atoms with Crippen molar-refractivity contribution in [1.82, 2.24) is 10.3 Å². The largest absolute Gasteiger partial charge is 0.507 e. The fraction of sp³-hybridized carbons (Fsp3) is 0.0714. The van der Waals surface area contributed by atoms with E-state index in [0.29, 0.717) is 6.07 Å². The van der Waals surface area contributed by atoms with Gasteiger partial charge >= 0.3 is 6.18 Å². The summed E-state index contributed by atoms with van der Waals surface area (Å²) in [6.07, 6.45) is -4.88. The summed E-state index contributed by atoms with van der Waals surface area (Å²) < 4.78 is 62.7. The highest BCUT2D eigenvalue weighted by Crippen LogP contribution is 2.33. The zero-order valence-electron chi connectivity index (χ0n) is 11.8. The summed E-state index contributed by atoms with van der Waals surface area (Å²) >= 11 is 0. The predicted octanol–water partition coefficient (Wildman–Crippen LogP) is 2.03. The quantitative estimate of drug-likeness (QED) is 0.727. The van der Waals surface area contributed by atoms with E-state index in [1.165, 1.54) is 24.3 Å². The molecular weight excluding hydrogens is 349 g/mol. The Morgan fingerprint density at radius 1 is 1.00 bits per heavy atom. The molecule has 6 nitrogen and oxygen atoms in total. The third-order valence-electron chi connectivity index (χ3n) is 2.93. The van der Waals surface area contributed by atoms with E-state index in [-0.39, 0.29) is 5.56 Å². The number of carbonyl (C=O) groups is 1. The molecule has 0 aliphatic heterocycles. The number of phenols is 1. The number of hydrogen-bond donors (Lipinski definition) is 3. The van der Waals surface area contributed by atoms with E-state index >= 15 is 0 Å². The van der Waals surface area contributed by atoms with Gasteiger partial charge in [0.05, 0.1) is 16.0 Å². The summed E-state index contributed by atoms with van der Waals surface area (Å²) in [5.41, 5.74) is 0.141. The van der Waals surface area contributed by atoms with Gasteiger partial charge in [-0.1, -0.05) is 24.3 Å². The molecule has 24 heavy (non-hydrogen) atoms. The Kier molecular flexibility index (Phi) is 4.81. The maximum Gasteiger partial charge on any atom is 0.417 e. The lowest BCUT2D eigenvalue weighted by Gasteiger charge is -2.14. The zero-order chi connectivity index (χ0) is 18.0. The minimum Gasteiger partial charge on any atom is -0.507 e. The molecule has 0 aromatic heterocycles. The van der Waals surface area contributed by atoms with Gasteiger partial charge in [0.2, 0.25) is 0 Å². The number of hydrogen-bond acceptors (Lipinski definition) is 4. The first-order valence-corrected chi connectivity index (χ1v) is 7.87. The van der Waals surface area contributed by atoms with Gasteiger partial charge < -0.3 is 5.11 Å². The molecule has 2 rings (SSSR count). The number of rotatable bonds is 4. The molecule has 0 unspecified atom stereocenters. The number of hydrazine groups is 1. The van der Waals surface area contributed by atoms with E-state index in [4.69, 9.17) is 0 Å². The second-order valence-electron chi connectivity index (χ2n) is 4.57. The smallest absolute Gasteiger partial charge is 0.417 e. The number of benzene rings is 2. The van der Waals surface area contributed by atoms with Gasteiger partial charge in [0, 0.05) is 0 Å². The van der Waals surface area contributed by atoms with Crippen molar-refractivity contribution in [2.45, 2.75) is 11.1 Å². The number of alkyl halides is 3. The van der Waals surface area contributed by atoms with Crippen molar-refractivity contribution in [3.8, 4) is 5.75 Å². The van der Waals surface area contributed by atoms with Gasteiger partial charge in [-0.3, -0.25) is 10.2 Å². The zero-order valence-corrected chi connectivity index (χ0v) is 12.6. The Labute approximate surface area is 135 Å². The monoisotopic (exact) mass is 360 g/mol. The van der Waals surface area contributed by atoms with Crippen molar-refractivity contribution < 1.29 is 31.5 Å². The molecule has 10 heteroatoms. The maximum atomic E-state index is 12.9. The van der Waals surface area contributed by atoms with Crippen LogP contribution in [0.2, 0.25) is 0 Å². The number of para-hydroxylation sites is 1. The van der Waals surface area contributed by atoms with E-state index in [9.17, 15) is 31.5 Å². The lowest BCUT2D eigenvalue weighted by atomic mass is 10.2. The molecule has 0 saturated heterocycles. The van der Waals surface area contributed by atoms with Crippen molar-refractivity contribution in [2.75, 3.05) is 0 Å². The van der Waals surface area contributed by atoms with Crippen LogP contribution >= 0.6 is 0 Å². The second kappa shape index (κ2) is 6.49. The van der Waals surface area contributed by atoms with Crippen LogP contribution in [-0.2, 0) is 16.2 Å². The van der Waals surface area contributed by atoms with Gasteiger partial charge in [0.15, 0.2) is 0 Å². The van der Waals surface area contributed by atoms with Crippen LogP contribution in [0.25, 0.3) is 0 Å². The van der Waals surface area contributed by atoms with Crippen LogP contribution in [0, 0.1) is 0 Å². The summed E-state index contributed by atoms with van der Waals surface area (Å²) in [6.45, 7) is 0. The Bertz CT molecular complexity index is 866. The number of aromatic hydroxyl groups is 1. The summed E-state index contributed by atoms with van der Waals surface area (Å²) in [5, 5.41) is 9.49. The minimum atomic E-state index is -4.88. The fourth-order valence-corrected chi connectivity index (χ4v) is 2.90. The molecule has 0 atom stereocenters. The number of halogens is 3. The van der Waals surface area contributed by atoms with Gasteiger partial charge in [-0.15, -0.1) is 4.83 Å². The van der Waals surface area contributed by atoms with E-state index in [1.807, 2.05) is 0 Å². The molecule has 0 spiro atoms. The normalized spacial score (nSPS) is 12.0. The van der Waals surface area contributed by atoms with Crippen molar-refractivity contribution in [3.63, 3.8) is 0 Å². The average molecular weight is 360 g/mol. The topological polar surface area (TPSA) is 95.5 Å². The van der Waals surface area contributed by atoms with E-state index in [0.717, 1.165) is 18.2 Å². The van der Waals surface area contributed by atoms with Gasteiger partial charge in [-0.25, -0.2) is 8.42 Å². The molecule has 0 heterocycles. The molecule has 2 aromatic carbocycles. The van der Waals surface area contributed by atoms with Crippen molar-refractivity contribution in [2.24, 2.45) is 0 Å². The highest BCUT2D eigenvalue weighted by atomic mass is 32.2. The highest BCUT2D eigenvalue weighted by Gasteiger charge is 2.37. The van der Waals surface area contributed by atoms with Crippen LogP contribution in [0.3, 0.4) is 0 Å². The number of phenolic OH excluding ortho intramolecular Hbond substituents is 1. The first kappa shape index (κ1) is 17.8. The lowest BCUT2D eigenvalue weighted by Crippen LogP contribution is -2.42. The molecular formula is C14H11F3N2O4S. The van der Waals surface area contributed by atoms with E-state index in [2.05, 4.69) is 0 Å². The molecule has 2 aromatic rings. The van der Waals surface area contributed by atoms with Crippen LogP contribution < -0.4 is 10.3 Å². The Balaban J connectivity index is 2.25. The summed E-state index contributed by atoms with van der Waals surface area (Å²) in [5.74, 6) is -1.44. The van der Waals surface area contributed by atoms with Crippen molar-refractivity contribution in [3.05, 3.63) is 59.7 Å². The van der Waals surface area contributed by atoms with Gasteiger partial charge in [0.25, 0.3) is 15.9 Å². The third kappa shape index (κ3) is 3.84. The highest BCUT2D eigenvalue weighted by molar-refractivity contribution is 7.89. The predicted molar refractivity (Wildman–Crippen MR) is 77.3 cm³/mol. The number of amides is 1. The van der Waals surface area contributed by atoms with Crippen molar-refractivity contribution >= 4 is 15.9 Å². The Hall–Kier alpha value is -2.59. The molecule has 3 N–H and O–H groups in total. The van der Waals surface area contributed by atoms with Gasteiger partial charge in [0.1, 0.15) is 5.75 Å². The lowest BCUT2D eigenvalue weighted by molar-refractivity contribution is -0.139. The molecule has 0 fully saturated rings. The molecule has 0 saturated carbocycles. The second-order valence-corrected chi connectivity index (χ2v) is 6.22. The fourth-order valence-electron chi connectivity index (χ4n) is 1.84. The number of sulfonamides is 1. The number of nitrogens with one attached hydrogen (secondary N) is 2. The Morgan fingerprint density at radius 2 is 1.58 bits per heavy atom. The van der Waals surface area contributed by atoms with Crippen LogP contribution in [0.4, 0.5) is 13.2 Å². The first-order chi connectivity index (χ1) is 11.1. The summed E-state index contributed by atoms with van der Waals surface area (Å²) in [4.78, 5) is 12.3. The minimum absolute atomic E-state index is 0.246. The van der Waals surface area contributed by atoms with Crippen LogP contribution in [-0.4, -0.2) is 19.4 Å². The average Bonchev–Trinajstić information content (AvgIpc) is 2.52. The molecule has 128 valence electrons. The first-order valence-electron chi connectivity index (χ1n) is 6.39. The Morgan fingerprint density at radius 3 is 2.21 bits per heavy atom. The molecule has 1 amide bonds. The van der Waals surface area contributed by atoms with E-state index in [1.54, 1.807) is 10.3 Å². The summed E-state index contributed by atoms with van der Waals surface area (Å²) in [7, 11) is -4.67. The standard InChI is InChI=1S/C14H11F3N2O4S/c15-14(16,17)10-6-2-4-8-12(10)24(22,23)19-18-13(21)9-5-1-3-7-11(9)20/h1-8,19-20H,(H,18,21). The SMILES string of the molecule is O=C(NNS(=O)(=O)c1ccccc1C(F)(F)F)c1ccccc1O. The van der Waals surface area contributed by atoms with Crippen LogP contribution in [0.1, 0.15) is 15.9 Å². The molecule has 0 bridgehead atoms. The van der Waals surface area contributed by atoms with Crippen LogP contribution in [0.15, 0.2) is 53.4 Å². The molecule has 0 aliphatic rings. The van der Waals surface area contributed by atoms with Crippen molar-refractivity contribution in [1.29, 1.82) is 0 Å². The van der Waals surface area contributed by atoms with Gasteiger partial charge in [-0.2, -0.15) is 13.2 Å². The van der Waals surface area contributed by atoms with Gasteiger partial charge in [-0.05, 0) is 24.3 Å². The molecule has 0 aliphatic carbocycles.